The molecule has 28 heavy (non-hydrogen) atoms. The maximum atomic E-state index is 13.5. The quantitative estimate of drug-likeness (QED) is 0.638. The number of hydrogen-bond donors (Lipinski definition) is 0. The third-order valence-corrected chi connectivity index (χ3v) is 7.38. The van der Waals surface area contributed by atoms with Gasteiger partial charge in [-0.3, -0.25) is 4.68 Å². The second-order valence-electron chi connectivity index (χ2n) is 7.08. The van der Waals surface area contributed by atoms with Gasteiger partial charge in [0.2, 0.25) is 10.0 Å². The molecule has 3 aromatic rings. The van der Waals surface area contributed by atoms with E-state index in [1.165, 1.54) is 15.6 Å². The van der Waals surface area contributed by atoms with E-state index in [0.717, 1.165) is 10.4 Å². The van der Waals surface area contributed by atoms with Gasteiger partial charge in [-0.2, -0.15) is 9.40 Å². The first-order valence-electron chi connectivity index (χ1n) is 9.24. The Morgan fingerprint density at radius 2 is 1.82 bits per heavy atom. The second-order valence-corrected chi connectivity index (χ2v) is 9.94. The summed E-state index contributed by atoms with van der Waals surface area (Å²) in [5, 5.41) is 6.57. The Morgan fingerprint density at radius 1 is 1.11 bits per heavy atom. The Hall–Kier alpha value is -2.00. The van der Waals surface area contributed by atoms with Crippen LogP contribution < -0.4 is 0 Å². The highest BCUT2D eigenvalue weighted by Gasteiger charge is 2.35. The second kappa shape index (κ2) is 7.79. The maximum Gasteiger partial charge on any atom is 0.247 e. The zero-order valence-corrected chi connectivity index (χ0v) is 17.5. The van der Waals surface area contributed by atoms with Crippen LogP contribution in [0.3, 0.4) is 0 Å². The molecule has 4 rings (SSSR count). The van der Waals surface area contributed by atoms with E-state index < -0.39 is 10.0 Å². The average molecular weight is 418 g/mol. The van der Waals surface area contributed by atoms with E-state index in [2.05, 4.69) is 5.10 Å². The number of nitrogens with zero attached hydrogens (tertiary/aromatic N) is 3. The molecule has 0 N–H and O–H groups in total. The lowest BCUT2D eigenvalue weighted by Crippen LogP contribution is -2.48. The third kappa shape index (κ3) is 3.91. The molecular formula is C20H23N3O3S2. The highest BCUT2D eigenvalue weighted by molar-refractivity contribution is 7.89. The zero-order chi connectivity index (χ0) is 19.7. The smallest absolute Gasteiger partial charge is 0.247 e. The molecule has 2 aromatic heterocycles. The average Bonchev–Trinajstić information content (AvgIpc) is 3.31. The maximum absolute atomic E-state index is 13.5. The largest absolute Gasteiger partial charge is 0.373 e. The first kappa shape index (κ1) is 19.3. The SMILES string of the molecule is CC1CN(S(=O)(=O)c2cn(Cc3ccccc3)nc2-c2cccs2)CC(C)O1. The van der Waals surface area contributed by atoms with Gasteiger partial charge in [0.1, 0.15) is 10.6 Å². The molecule has 0 radical (unpaired) electrons. The molecule has 6 nitrogen and oxygen atoms in total. The summed E-state index contributed by atoms with van der Waals surface area (Å²) in [6.45, 7) is 5.01. The van der Waals surface area contributed by atoms with Gasteiger partial charge >= 0.3 is 0 Å². The molecule has 3 heterocycles. The predicted molar refractivity (Wildman–Crippen MR) is 110 cm³/mol. The van der Waals surface area contributed by atoms with Crippen molar-refractivity contribution in [2.75, 3.05) is 13.1 Å². The van der Waals surface area contributed by atoms with Gasteiger partial charge < -0.3 is 4.74 Å². The normalized spacial score (nSPS) is 21.1. The molecule has 0 aliphatic carbocycles. The van der Waals surface area contributed by atoms with Crippen LogP contribution in [-0.4, -0.2) is 47.8 Å². The summed E-state index contributed by atoms with van der Waals surface area (Å²) in [5.41, 5.74) is 1.58. The van der Waals surface area contributed by atoms with Gasteiger partial charge in [0, 0.05) is 19.3 Å². The van der Waals surface area contributed by atoms with Crippen molar-refractivity contribution >= 4 is 21.4 Å². The molecule has 1 aliphatic rings. The first-order chi connectivity index (χ1) is 13.4. The molecular weight excluding hydrogens is 394 g/mol. The Labute approximate surface area is 169 Å². The van der Waals surface area contributed by atoms with E-state index in [0.29, 0.717) is 25.3 Å². The lowest BCUT2D eigenvalue weighted by molar-refractivity contribution is -0.0440. The van der Waals surface area contributed by atoms with Crippen LogP contribution in [0.4, 0.5) is 0 Å². The van der Waals surface area contributed by atoms with Crippen molar-refractivity contribution in [3.05, 3.63) is 59.6 Å². The van der Waals surface area contributed by atoms with Gasteiger partial charge in [-0.15, -0.1) is 11.3 Å². The molecule has 1 saturated heterocycles. The zero-order valence-electron chi connectivity index (χ0n) is 15.9. The minimum atomic E-state index is -3.68. The minimum Gasteiger partial charge on any atom is -0.373 e. The number of aromatic nitrogens is 2. The molecule has 1 fully saturated rings. The summed E-state index contributed by atoms with van der Waals surface area (Å²) in [6.07, 6.45) is 1.38. The Bertz CT molecular complexity index is 1020. The number of ether oxygens (including phenoxy) is 1. The van der Waals surface area contributed by atoms with Gasteiger partial charge in [0.25, 0.3) is 0 Å². The van der Waals surface area contributed by atoms with Crippen molar-refractivity contribution in [1.82, 2.24) is 14.1 Å². The molecule has 2 unspecified atom stereocenters. The lowest BCUT2D eigenvalue weighted by atomic mass is 10.2. The first-order valence-corrected chi connectivity index (χ1v) is 11.6. The van der Waals surface area contributed by atoms with E-state index in [4.69, 9.17) is 4.74 Å². The molecule has 1 aliphatic heterocycles. The van der Waals surface area contributed by atoms with E-state index >= 15 is 0 Å². The van der Waals surface area contributed by atoms with Crippen LogP contribution in [0.15, 0.2) is 58.9 Å². The minimum absolute atomic E-state index is 0.136. The van der Waals surface area contributed by atoms with Gasteiger partial charge in [-0.25, -0.2) is 8.42 Å². The summed E-state index contributed by atoms with van der Waals surface area (Å²) >= 11 is 1.49. The van der Waals surface area contributed by atoms with E-state index in [1.54, 1.807) is 10.9 Å². The van der Waals surface area contributed by atoms with Crippen molar-refractivity contribution in [3.63, 3.8) is 0 Å². The highest BCUT2D eigenvalue weighted by Crippen LogP contribution is 2.32. The van der Waals surface area contributed by atoms with Crippen molar-refractivity contribution in [2.24, 2.45) is 0 Å². The fourth-order valence-electron chi connectivity index (χ4n) is 3.49. The van der Waals surface area contributed by atoms with Crippen LogP contribution >= 0.6 is 11.3 Å². The standard InChI is InChI=1S/C20H23N3O3S2/c1-15-11-23(12-16(2)26-15)28(24,25)19-14-22(13-17-7-4-3-5-8-17)21-20(19)18-9-6-10-27-18/h3-10,14-16H,11-13H2,1-2H3. The van der Waals surface area contributed by atoms with Crippen molar-refractivity contribution in [2.45, 2.75) is 37.5 Å². The number of thiophene rings is 1. The molecule has 0 saturated carbocycles. The number of morpholine rings is 1. The number of benzene rings is 1. The van der Waals surface area contributed by atoms with Gasteiger partial charge in [-0.1, -0.05) is 36.4 Å². The molecule has 1 aromatic carbocycles. The van der Waals surface area contributed by atoms with Crippen molar-refractivity contribution in [3.8, 4) is 10.6 Å². The lowest BCUT2D eigenvalue weighted by Gasteiger charge is -2.34. The van der Waals surface area contributed by atoms with Crippen LogP contribution in [0.25, 0.3) is 10.6 Å². The Morgan fingerprint density at radius 3 is 2.46 bits per heavy atom. The third-order valence-electron chi connectivity index (χ3n) is 4.67. The monoisotopic (exact) mass is 417 g/mol. The van der Waals surface area contributed by atoms with Gasteiger partial charge in [-0.05, 0) is 30.9 Å². The topological polar surface area (TPSA) is 64.4 Å². The molecule has 2 atom stereocenters. The van der Waals surface area contributed by atoms with Crippen LogP contribution in [0.1, 0.15) is 19.4 Å². The summed E-state index contributed by atoms with van der Waals surface area (Å²) in [4.78, 5) is 1.10. The van der Waals surface area contributed by atoms with Gasteiger partial charge in [0.05, 0.1) is 23.6 Å². The van der Waals surface area contributed by atoms with Crippen LogP contribution in [0, 0.1) is 0 Å². The van der Waals surface area contributed by atoms with Gasteiger partial charge in [0.15, 0.2) is 0 Å². The summed E-state index contributed by atoms with van der Waals surface area (Å²) in [6, 6.07) is 13.7. The predicted octanol–water partition coefficient (Wildman–Crippen LogP) is 3.46. The van der Waals surface area contributed by atoms with Crippen molar-refractivity contribution < 1.29 is 13.2 Å². The molecule has 0 amide bonds. The van der Waals surface area contributed by atoms with Crippen LogP contribution in [0.5, 0.6) is 0 Å². The highest BCUT2D eigenvalue weighted by atomic mass is 32.2. The summed E-state index contributed by atoms with van der Waals surface area (Å²) < 4.78 is 35.9. The molecule has 8 heteroatoms. The van der Waals surface area contributed by atoms with Crippen molar-refractivity contribution in [1.29, 1.82) is 0 Å². The Kier molecular flexibility index (Phi) is 5.37. The fourth-order valence-corrected chi connectivity index (χ4v) is 6.02. The Balaban J connectivity index is 1.74. The fraction of sp³-hybridized carbons (Fsp3) is 0.350. The summed E-state index contributed by atoms with van der Waals surface area (Å²) in [7, 11) is -3.68. The van der Waals surface area contributed by atoms with E-state index in [1.807, 2.05) is 61.7 Å². The van der Waals surface area contributed by atoms with Crippen LogP contribution in [-0.2, 0) is 21.3 Å². The molecule has 0 spiro atoms. The van der Waals surface area contributed by atoms with E-state index in [9.17, 15) is 8.42 Å². The molecule has 148 valence electrons. The number of rotatable bonds is 5. The summed E-state index contributed by atoms with van der Waals surface area (Å²) in [5.74, 6) is 0. The molecule has 0 bridgehead atoms. The van der Waals surface area contributed by atoms with E-state index in [-0.39, 0.29) is 17.1 Å². The number of hydrogen-bond acceptors (Lipinski definition) is 5. The number of sulfonamides is 1. The van der Waals surface area contributed by atoms with Crippen LogP contribution in [0.2, 0.25) is 0 Å².